The first-order valence-electron chi connectivity index (χ1n) is 7.69. The van der Waals surface area contributed by atoms with E-state index in [2.05, 4.69) is 10.6 Å². The second-order valence-electron chi connectivity index (χ2n) is 5.84. The Labute approximate surface area is 133 Å². The highest BCUT2D eigenvalue weighted by Gasteiger charge is 2.39. The van der Waals surface area contributed by atoms with E-state index in [-0.39, 0.29) is 11.9 Å². The number of likely N-dealkylation sites (tertiary alicyclic amines) is 1. The van der Waals surface area contributed by atoms with Crippen molar-refractivity contribution >= 4 is 23.8 Å². The van der Waals surface area contributed by atoms with Crippen LogP contribution in [0.1, 0.15) is 32.1 Å². The number of hydrogen-bond donors (Lipinski definition) is 4. The Bertz CT molecular complexity index is 503. The molecule has 2 rings (SSSR count). The maximum atomic E-state index is 12.4. The number of nitrogens with one attached hydrogen (secondary N) is 2. The summed E-state index contributed by atoms with van der Waals surface area (Å²) in [6.07, 6.45) is 2.03. The first-order valence-corrected chi connectivity index (χ1v) is 7.69. The van der Waals surface area contributed by atoms with Crippen LogP contribution in [0.5, 0.6) is 0 Å². The van der Waals surface area contributed by atoms with Gasteiger partial charge in [-0.25, -0.2) is 4.79 Å². The highest BCUT2D eigenvalue weighted by molar-refractivity contribution is 5.93. The first-order chi connectivity index (χ1) is 10.9. The van der Waals surface area contributed by atoms with Gasteiger partial charge in [0.15, 0.2) is 0 Å². The number of carbonyl (C=O) groups is 4. The summed E-state index contributed by atoms with van der Waals surface area (Å²) < 4.78 is 0. The van der Waals surface area contributed by atoms with Crippen molar-refractivity contribution in [2.45, 2.75) is 50.2 Å². The minimum atomic E-state index is -1.50. The van der Waals surface area contributed by atoms with Crippen molar-refractivity contribution in [2.24, 2.45) is 0 Å². The Hall–Kier alpha value is -2.16. The van der Waals surface area contributed by atoms with Gasteiger partial charge in [0.25, 0.3) is 0 Å². The lowest BCUT2D eigenvalue weighted by Crippen LogP contribution is -2.54. The zero-order valence-electron chi connectivity index (χ0n) is 12.7. The fraction of sp³-hybridized carbons (Fsp3) is 0.714. The Morgan fingerprint density at radius 2 is 1.91 bits per heavy atom. The highest BCUT2D eigenvalue weighted by atomic mass is 16.4. The standard InChI is InChI=1S/C14H21N3O6/c18-11(19)7-9(14(22)23)16-12(20)10-4-2-6-17(10)13(21)8-3-1-5-15-8/h8-10,15H,1-7H2,(H,16,20)(H,18,19)(H,22,23). The normalized spacial score (nSPS) is 25.1. The molecule has 2 aliphatic heterocycles. The number of carbonyl (C=O) groups excluding carboxylic acids is 2. The van der Waals surface area contributed by atoms with Gasteiger partial charge >= 0.3 is 11.9 Å². The fourth-order valence-electron chi connectivity index (χ4n) is 3.04. The molecule has 0 bridgehead atoms. The van der Waals surface area contributed by atoms with Gasteiger partial charge in [0.05, 0.1) is 12.5 Å². The van der Waals surface area contributed by atoms with Gasteiger partial charge < -0.3 is 25.7 Å². The molecule has 3 unspecified atom stereocenters. The molecular weight excluding hydrogens is 306 g/mol. The first kappa shape index (κ1) is 17.2. The van der Waals surface area contributed by atoms with Crippen LogP contribution in [0.3, 0.4) is 0 Å². The fourth-order valence-corrected chi connectivity index (χ4v) is 3.04. The van der Waals surface area contributed by atoms with E-state index in [1.165, 1.54) is 4.90 Å². The summed E-state index contributed by atoms with van der Waals surface area (Å²) in [5, 5.41) is 23.0. The number of carboxylic acids is 2. The number of nitrogens with zero attached hydrogens (tertiary/aromatic N) is 1. The summed E-state index contributed by atoms with van der Waals surface area (Å²) in [6, 6.07) is -2.53. The number of rotatable bonds is 6. The molecule has 0 saturated carbocycles. The van der Waals surface area contributed by atoms with E-state index < -0.39 is 36.4 Å². The summed E-state index contributed by atoms with van der Waals surface area (Å²) in [5.74, 6) is -3.48. The molecule has 2 fully saturated rings. The number of carboxylic acid groups (broad SMARTS) is 2. The molecule has 128 valence electrons. The summed E-state index contributed by atoms with van der Waals surface area (Å²) in [6.45, 7) is 1.21. The average Bonchev–Trinajstić information content (AvgIpc) is 3.16. The second kappa shape index (κ2) is 7.40. The van der Waals surface area contributed by atoms with Crippen molar-refractivity contribution in [1.29, 1.82) is 0 Å². The predicted molar refractivity (Wildman–Crippen MR) is 77.6 cm³/mol. The van der Waals surface area contributed by atoms with Crippen LogP contribution in [0.25, 0.3) is 0 Å². The molecule has 2 heterocycles. The van der Waals surface area contributed by atoms with Gasteiger partial charge in [-0.15, -0.1) is 0 Å². The molecule has 0 aromatic heterocycles. The van der Waals surface area contributed by atoms with Crippen LogP contribution in [0.2, 0.25) is 0 Å². The van der Waals surface area contributed by atoms with Gasteiger partial charge in [0.2, 0.25) is 11.8 Å². The highest BCUT2D eigenvalue weighted by Crippen LogP contribution is 2.21. The van der Waals surface area contributed by atoms with Crippen molar-refractivity contribution in [3.05, 3.63) is 0 Å². The van der Waals surface area contributed by atoms with Gasteiger partial charge in [-0.3, -0.25) is 14.4 Å². The zero-order valence-corrected chi connectivity index (χ0v) is 12.7. The van der Waals surface area contributed by atoms with Gasteiger partial charge in [-0.05, 0) is 32.2 Å². The van der Waals surface area contributed by atoms with E-state index in [1.807, 2.05) is 0 Å². The molecule has 2 amide bonds. The van der Waals surface area contributed by atoms with Crippen molar-refractivity contribution in [3.63, 3.8) is 0 Å². The molecule has 9 heteroatoms. The molecule has 23 heavy (non-hydrogen) atoms. The molecule has 0 spiro atoms. The van der Waals surface area contributed by atoms with Gasteiger partial charge in [-0.1, -0.05) is 0 Å². The molecule has 0 aliphatic carbocycles. The SMILES string of the molecule is O=C(O)CC(NC(=O)C1CCCN1C(=O)C1CCCN1)C(=O)O. The van der Waals surface area contributed by atoms with E-state index in [0.29, 0.717) is 19.4 Å². The molecule has 4 N–H and O–H groups in total. The number of hydrogen-bond acceptors (Lipinski definition) is 5. The lowest BCUT2D eigenvalue weighted by molar-refractivity contribution is -0.148. The third-order valence-electron chi connectivity index (χ3n) is 4.19. The predicted octanol–water partition coefficient (Wildman–Crippen LogP) is -1.23. The Kier molecular flexibility index (Phi) is 5.54. The van der Waals surface area contributed by atoms with E-state index in [4.69, 9.17) is 10.2 Å². The van der Waals surface area contributed by atoms with Crippen LogP contribution in [0.4, 0.5) is 0 Å². The lowest BCUT2D eigenvalue weighted by Gasteiger charge is -2.27. The smallest absolute Gasteiger partial charge is 0.326 e. The molecule has 0 aromatic carbocycles. The molecule has 9 nitrogen and oxygen atoms in total. The Morgan fingerprint density at radius 3 is 2.48 bits per heavy atom. The Balaban J connectivity index is 2.00. The van der Waals surface area contributed by atoms with Crippen LogP contribution >= 0.6 is 0 Å². The van der Waals surface area contributed by atoms with Gasteiger partial charge in [0, 0.05) is 6.54 Å². The van der Waals surface area contributed by atoms with E-state index >= 15 is 0 Å². The monoisotopic (exact) mass is 327 g/mol. The third-order valence-corrected chi connectivity index (χ3v) is 4.19. The molecule has 3 atom stereocenters. The van der Waals surface area contributed by atoms with Gasteiger partial charge in [0.1, 0.15) is 12.1 Å². The summed E-state index contributed by atoms with van der Waals surface area (Å²) >= 11 is 0. The van der Waals surface area contributed by atoms with E-state index in [0.717, 1.165) is 19.4 Å². The van der Waals surface area contributed by atoms with Crippen molar-refractivity contribution in [2.75, 3.05) is 13.1 Å². The van der Waals surface area contributed by atoms with Crippen molar-refractivity contribution in [3.8, 4) is 0 Å². The summed E-state index contributed by atoms with van der Waals surface area (Å²) in [7, 11) is 0. The topological polar surface area (TPSA) is 136 Å². The van der Waals surface area contributed by atoms with Crippen LogP contribution in [0, 0.1) is 0 Å². The minimum Gasteiger partial charge on any atom is -0.481 e. The quantitative estimate of drug-likeness (QED) is 0.480. The van der Waals surface area contributed by atoms with Crippen LogP contribution in [-0.4, -0.2) is 70.1 Å². The Morgan fingerprint density at radius 1 is 1.17 bits per heavy atom. The summed E-state index contributed by atoms with van der Waals surface area (Å²) in [4.78, 5) is 47.9. The molecule has 2 saturated heterocycles. The molecular formula is C14H21N3O6. The third kappa shape index (κ3) is 4.19. The van der Waals surface area contributed by atoms with Crippen LogP contribution in [0.15, 0.2) is 0 Å². The largest absolute Gasteiger partial charge is 0.481 e. The minimum absolute atomic E-state index is 0.148. The molecule has 0 radical (unpaired) electrons. The van der Waals surface area contributed by atoms with E-state index in [1.54, 1.807) is 0 Å². The molecule has 2 aliphatic rings. The zero-order chi connectivity index (χ0) is 17.0. The maximum absolute atomic E-state index is 12.4. The summed E-state index contributed by atoms with van der Waals surface area (Å²) in [5.41, 5.74) is 0. The van der Waals surface area contributed by atoms with Crippen molar-refractivity contribution in [1.82, 2.24) is 15.5 Å². The average molecular weight is 327 g/mol. The number of amides is 2. The molecule has 0 aromatic rings. The second-order valence-corrected chi connectivity index (χ2v) is 5.84. The van der Waals surface area contributed by atoms with Crippen LogP contribution < -0.4 is 10.6 Å². The number of aliphatic carboxylic acids is 2. The maximum Gasteiger partial charge on any atom is 0.326 e. The van der Waals surface area contributed by atoms with Crippen LogP contribution in [-0.2, 0) is 19.2 Å². The van der Waals surface area contributed by atoms with Crippen molar-refractivity contribution < 1.29 is 29.4 Å². The van der Waals surface area contributed by atoms with Gasteiger partial charge in [-0.2, -0.15) is 0 Å². The lowest BCUT2D eigenvalue weighted by atomic mass is 10.1. The van der Waals surface area contributed by atoms with E-state index in [9.17, 15) is 19.2 Å².